The molecule has 6 nitrogen and oxygen atoms in total. The summed E-state index contributed by atoms with van der Waals surface area (Å²) in [6.45, 7) is 1.90. The van der Waals surface area contributed by atoms with Crippen molar-refractivity contribution in [3.63, 3.8) is 0 Å². The first-order valence-electron chi connectivity index (χ1n) is 8.70. The van der Waals surface area contributed by atoms with Gasteiger partial charge in [-0.15, -0.1) is 0 Å². The van der Waals surface area contributed by atoms with Gasteiger partial charge in [0.1, 0.15) is 5.57 Å². The maximum absolute atomic E-state index is 13.1. The Hall–Kier alpha value is -3.09. The normalized spacial score (nSPS) is 16.1. The minimum absolute atomic E-state index is 0.0488. The van der Waals surface area contributed by atoms with E-state index in [1.807, 2.05) is 42.8 Å². The molecule has 0 bridgehead atoms. The predicted octanol–water partition coefficient (Wildman–Crippen LogP) is 4.46. The van der Waals surface area contributed by atoms with Gasteiger partial charge < -0.3 is 4.57 Å². The number of nitrogens with one attached hydrogen (secondary N) is 1. The van der Waals surface area contributed by atoms with Crippen LogP contribution in [0.25, 0.3) is 17.0 Å². The molecular weight excluding hydrogens is 413 g/mol. The molecule has 1 N–H and O–H groups in total. The zero-order valence-corrected chi connectivity index (χ0v) is 17.0. The number of urea groups is 1. The second kappa shape index (κ2) is 7.06. The van der Waals surface area contributed by atoms with Crippen LogP contribution in [0.15, 0.2) is 48.0 Å². The SMILES string of the molecule is Cc1c(/C=C2/C(=O)NC(=O)N(c3cccc(Cl)c3Cl)C2=O)c2ccccc2n1C. The van der Waals surface area contributed by atoms with E-state index >= 15 is 0 Å². The summed E-state index contributed by atoms with van der Waals surface area (Å²) in [4.78, 5) is 38.8. The van der Waals surface area contributed by atoms with Crippen molar-refractivity contribution in [2.75, 3.05) is 4.90 Å². The summed E-state index contributed by atoms with van der Waals surface area (Å²) in [7, 11) is 1.91. The smallest absolute Gasteiger partial charge is 0.336 e. The molecule has 1 aromatic heterocycles. The topological polar surface area (TPSA) is 71.4 Å². The Bertz CT molecular complexity index is 1240. The monoisotopic (exact) mass is 427 g/mol. The number of amides is 4. The van der Waals surface area contributed by atoms with Crippen LogP contribution in [0.3, 0.4) is 0 Å². The molecule has 0 saturated carbocycles. The number of halogens is 2. The maximum Gasteiger partial charge on any atom is 0.336 e. The quantitative estimate of drug-likeness (QED) is 0.484. The van der Waals surface area contributed by atoms with E-state index in [4.69, 9.17) is 23.2 Å². The van der Waals surface area contributed by atoms with Gasteiger partial charge in [-0.1, -0.05) is 47.5 Å². The first kappa shape index (κ1) is 19.2. The van der Waals surface area contributed by atoms with Crippen LogP contribution in [0.5, 0.6) is 0 Å². The highest BCUT2D eigenvalue weighted by molar-refractivity contribution is 6.46. The van der Waals surface area contributed by atoms with E-state index < -0.39 is 17.8 Å². The van der Waals surface area contributed by atoms with Crippen LogP contribution >= 0.6 is 23.2 Å². The zero-order valence-electron chi connectivity index (χ0n) is 15.5. The van der Waals surface area contributed by atoms with Crippen LogP contribution < -0.4 is 10.2 Å². The third-order valence-corrected chi connectivity index (χ3v) is 5.82. The zero-order chi connectivity index (χ0) is 20.9. The highest BCUT2D eigenvalue weighted by Crippen LogP contribution is 2.35. The first-order valence-corrected chi connectivity index (χ1v) is 9.46. The van der Waals surface area contributed by atoms with Gasteiger partial charge in [-0.3, -0.25) is 14.9 Å². The van der Waals surface area contributed by atoms with Crippen molar-refractivity contribution in [2.24, 2.45) is 7.05 Å². The van der Waals surface area contributed by atoms with Crippen molar-refractivity contribution in [2.45, 2.75) is 6.92 Å². The lowest BCUT2D eigenvalue weighted by molar-refractivity contribution is -0.122. The number of barbiturate groups is 1. The minimum Gasteiger partial charge on any atom is -0.347 e. The molecule has 0 atom stereocenters. The second-order valence-corrected chi connectivity index (χ2v) is 7.39. The fourth-order valence-electron chi connectivity index (χ4n) is 3.42. The summed E-state index contributed by atoms with van der Waals surface area (Å²) in [5.41, 5.74) is 2.51. The number of carbonyl (C=O) groups is 3. The van der Waals surface area contributed by atoms with Gasteiger partial charge in [0.05, 0.1) is 15.7 Å². The van der Waals surface area contributed by atoms with Gasteiger partial charge in [0.15, 0.2) is 0 Å². The number of para-hydroxylation sites is 1. The molecule has 3 aromatic rings. The number of benzene rings is 2. The van der Waals surface area contributed by atoms with Crippen LogP contribution in [0.4, 0.5) is 10.5 Å². The molecular formula is C21H15Cl2N3O3. The Balaban J connectivity index is 1.88. The standard InChI is InChI=1S/C21H15Cl2N3O3/c1-11-13(12-6-3-4-8-16(12)25(11)2)10-14-19(27)24-21(29)26(20(14)28)17-9-5-7-15(22)18(17)23/h3-10H,1-2H3,(H,24,27,29)/b14-10-. The van der Waals surface area contributed by atoms with Crippen molar-refractivity contribution in [1.82, 2.24) is 9.88 Å². The molecule has 1 saturated heterocycles. The average Bonchev–Trinajstić information content (AvgIpc) is 2.93. The summed E-state index contributed by atoms with van der Waals surface area (Å²) < 4.78 is 1.98. The number of aryl methyl sites for hydroxylation is 1. The first-order chi connectivity index (χ1) is 13.8. The molecule has 8 heteroatoms. The Labute approximate surface area is 176 Å². The Kier molecular flexibility index (Phi) is 4.68. The number of fused-ring (bicyclic) bond motifs is 1. The number of imide groups is 2. The van der Waals surface area contributed by atoms with Crippen molar-refractivity contribution >= 4 is 63.7 Å². The highest BCUT2D eigenvalue weighted by Gasteiger charge is 2.38. The number of anilines is 1. The number of carbonyl (C=O) groups excluding carboxylic acids is 3. The lowest BCUT2D eigenvalue weighted by Crippen LogP contribution is -2.54. The Morgan fingerprint density at radius 1 is 1.00 bits per heavy atom. The molecule has 0 unspecified atom stereocenters. The molecule has 1 aliphatic rings. The summed E-state index contributed by atoms with van der Waals surface area (Å²) in [5, 5.41) is 3.33. The van der Waals surface area contributed by atoms with Gasteiger partial charge in [0, 0.05) is 29.2 Å². The molecule has 1 aliphatic heterocycles. The van der Waals surface area contributed by atoms with Crippen molar-refractivity contribution < 1.29 is 14.4 Å². The van der Waals surface area contributed by atoms with Gasteiger partial charge in [0.2, 0.25) is 0 Å². The molecule has 4 amide bonds. The minimum atomic E-state index is -0.879. The average molecular weight is 428 g/mol. The van der Waals surface area contributed by atoms with Crippen LogP contribution in [-0.2, 0) is 16.6 Å². The van der Waals surface area contributed by atoms with Gasteiger partial charge >= 0.3 is 6.03 Å². The Morgan fingerprint density at radius 2 is 1.72 bits per heavy atom. The maximum atomic E-state index is 13.1. The van der Waals surface area contributed by atoms with E-state index in [0.29, 0.717) is 0 Å². The van der Waals surface area contributed by atoms with Gasteiger partial charge in [-0.2, -0.15) is 0 Å². The van der Waals surface area contributed by atoms with Gasteiger partial charge in [-0.05, 0) is 31.2 Å². The third-order valence-electron chi connectivity index (χ3n) is 5.01. The van der Waals surface area contributed by atoms with Gasteiger partial charge in [-0.25, -0.2) is 9.69 Å². The largest absolute Gasteiger partial charge is 0.347 e. The van der Waals surface area contributed by atoms with E-state index in [-0.39, 0.29) is 21.3 Å². The van der Waals surface area contributed by atoms with Crippen LogP contribution in [0.2, 0.25) is 10.0 Å². The van der Waals surface area contributed by atoms with Crippen LogP contribution in [0.1, 0.15) is 11.3 Å². The fourth-order valence-corrected chi connectivity index (χ4v) is 3.80. The predicted molar refractivity (Wildman–Crippen MR) is 113 cm³/mol. The Morgan fingerprint density at radius 3 is 2.48 bits per heavy atom. The number of hydrogen-bond donors (Lipinski definition) is 1. The number of aromatic nitrogens is 1. The second-order valence-electron chi connectivity index (χ2n) is 6.61. The molecule has 0 spiro atoms. The number of hydrogen-bond acceptors (Lipinski definition) is 3. The van der Waals surface area contributed by atoms with E-state index in [2.05, 4.69) is 5.32 Å². The molecule has 29 heavy (non-hydrogen) atoms. The summed E-state index contributed by atoms with van der Waals surface area (Å²) in [5.74, 6) is -1.53. The van der Waals surface area contributed by atoms with E-state index in [1.54, 1.807) is 12.1 Å². The lowest BCUT2D eigenvalue weighted by Gasteiger charge is -2.27. The summed E-state index contributed by atoms with van der Waals surface area (Å²) >= 11 is 12.2. The molecule has 146 valence electrons. The molecule has 0 aliphatic carbocycles. The highest BCUT2D eigenvalue weighted by atomic mass is 35.5. The fraction of sp³-hybridized carbons (Fsp3) is 0.0952. The van der Waals surface area contributed by atoms with E-state index in [0.717, 1.165) is 27.1 Å². The van der Waals surface area contributed by atoms with Crippen LogP contribution in [0, 0.1) is 6.92 Å². The van der Waals surface area contributed by atoms with Crippen molar-refractivity contribution in [3.8, 4) is 0 Å². The van der Waals surface area contributed by atoms with Crippen LogP contribution in [-0.4, -0.2) is 22.4 Å². The number of rotatable bonds is 2. The van der Waals surface area contributed by atoms with Crippen molar-refractivity contribution in [1.29, 1.82) is 0 Å². The molecule has 1 fully saturated rings. The summed E-state index contributed by atoms with van der Waals surface area (Å²) in [6.07, 6.45) is 1.51. The van der Waals surface area contributed by atoms with E-state index in [1.165, 1.54) is 12.1 Å². The summed E-state index contributed by atoms with van der Waals surface area (Å²) in [6, 6.07) is 11.4. The molecule has 0 radical (unpaired) electrons. The molecule has 4 rings (SSSR count). The molecule has 2 aromatic carbocycles. The van der Waals surface area contributed by atoms with E-state index in [9.17, 15) is 14.4 Å². The lowest BCUT2D eigenvalue weighted by atomic mass is 10.0. The van der Waals surface area contributed by atoms with Crippen molar-refractivity contribution in [3.05, 3.63) is 69.3 Å². The molecule has 2 heterocycles. The number of nitrogens with zero attached hydrogens (tertiary/aromatic N) is 2. The van der Waals surface area contributed by atoms with Gasteiger partial charge in [0.25, 0.3) is 11.8 Å². The third kappa shape index (κ3) is 3.01.